The number of nitrogens with one attached hydrogen (secondary N) is 1. The molecule has 17 heavy (non-hydrogen) atoms. The van der Waals surface area contributed by atoms with Crippen molar-refractivity contribution in [2.75, 3.05) is 13.2 Å². The Balaban J connectivity index is 2.40. The summed E-state index contributed by atoms with van der Waals surface area (Å²) in [7, 11) is 0. The SMILES string of the molecule is CCOC(=O)c1ccc2[nH]nc(CCN)c2c1. The highest BCUT2D eigenvalue weighted by molar-refractivity contribution is 5.95. The molecule has 0 spiro atoms. The highest BCUT2D eigenvalue weighted by Crippen LogP contribution is 2.18. The first-order chi connectivity index (χ1) is 8.26. The van der Waals surface area contributed by atoms with E-state index in [0.29, 0.717) is 25.1 Å². The van der Waals surface area contributed by atoms with Gasteiger partial charge in [-0.05, 0) is 31.7 Å². The van der Waals surface area contributed by atoms with Crippen molar-refractivity contribution in [2.45, 2.75) is 13.3 Å². The van der Waals surface area contributed by atoms with Gasteiger partial charge in [-0.25, -0.2) is 4.79 Å². The fraction of sp³-hybridized carbons (Fsp3) is 0.333. The smallest absolute Gasteiger partial charge is 0.338 e. The molecule has 0 unspecified atom stereocenters. The molecule has 0 bridgehead atoms. The molecule has 0 saturated carbocycles. The highest BCUT2D eigenvalue weighted by atomic mass is 16.5. The maximum absolute atomic E-state index is 11.6. The largest absolute Gasteiger partial charge is 0.462 e. The predicted molar refractivity (Wildman–Crippen MR) is 64.8 cm³/mol. The van der Waals surface area contributed by atoms with Crippen molar-refractivity contribution < 1.29 is 9.53 Å². The van der Waals surface area contributed by atoms with Crippen molar-refractivity contribution in [3.63, 3.8) is 0 Å². The second-order valence-corrected chi connectivity index (χ2v) is 3.69. The topological polar surface area (TPSA) is 81.0 Å². The van der Waals surface area contributed by atoms with Gasteiger partial charge in [0.25, 0.3) is 0 Å². The zero-order valence-electron chi connectivity index (χ0n) is 9.69. The Morgan fingerprint density at radius 1 is 1.53 bits per heavy atom. The zero-order chi connectivity index (χ0) is 12.3. The normalized spacial score (nSPS) is 10.7. The van der Waals surface area contributed by atoms with E-state index < -0.39 is 0 Å². The number of ether oxygens (including phenoxy) is 1. The van der Waals surface area contributed by atoms with Crippen LogP contribution in [0.5, 0.6) is 0 Å². The minimum absolute atomic E-state index is 0.311. The summed E-state index contributed by atoms with van der Waals surface area (Å²) in [4.78, 5) is 11.6. The number of nitrogens with two attached hydrogens (primary N) is 1. The van der Waals surface area contributed by atoms with Gasteiger partial charge >= 0.3 is 5.97 Å². The summed E-state index contributed by atoms with van der Waals surface area (Å²) in [6, 6.07) is 5.35. The van der Waals surface area contributed by atoms with Crippen LogP contribution in [0.2, 0.25) is 0 Å². The van der Waals surface area contributed by atoms with Crippen molar-refractivity contribution in [3.05, 3.63) is 29.5 Å². The Kier molecular flexibility index (Phi) is 3.39. The van der Waals surface area contributed by atoms with Gasteiger partial charge in [0.1, 0.15) is 0 Å². The van der Waals surface area contributed by atoms with E-state index in [0.717, 1.165) is 16.6 Å². The third kappa shape index (κ3) is 2.29. The molecule has 0 aliphatic rings. The van der Waals surface area contributed by atoms with Gasteiger partial charge in [-0.2, -0.15) is 5.10 Å². The van der Waals surface area contributed by atoms with Crippen LogP contribution in [0.15, 0.2) is 18.2 Å². The van der Waals surface area contributed by atoms with E-state index in [1.165, 1.54) is 0 Å². The second kappa shape index (κ2) is 4.97. The average Bonchev–Trinajstić information content (AvgIpc) is 2.73. The molecular formula is C12H15N3O2. The van der Waals surface area contributed by atoms with Crippen molar-refractivity contribution in [3.8, 4) is 0 Å². The first-order valence-corrected chi connectivity index (χ1v) is 5.60. The maximum Gasteiger partial charge on any atom is 0.338 e. The minimum Gasteiger partial charge on any atom is -0.462 e. The molecule has 0 aliphatic carbocycles. The van der Waals surface area contributed by atoms with E-state index in [1.54, 1.807) is 19.1 Å². The Morgan fingerprint density at radius 3 is 3.06 bits per heavy atom. The van der Waals surface area contributed by atoms with Crippen LogP contribution < -0.4 is 5.73 Å². The van der Waals surface area contributed by atoms with Crippen LogP contribution >= 0.6 is 0 Å². The number of carbonyl (C=O) groups is 1. The molecule has 0 radical (unpaired) electrons. The Hall–Kier alpha value is -1.88. The summed E-state index contributed by atoms with van der Waals surface area (Å²) in [5.74, 6) is -0.311. The van der Waals surface area contributed by atoms with Gasteiger partial charge in [0.15, 0.2) is 0 Å². The van der Waals surface area contributed by atoms with Crippen LogP contribution in [-0.4, -0.2) is 29.3 Å². The third-order valence-corrected chi connectivity index (χ3v) is 2.53. The molecule has 0 aliphatic heterocycles. The predicted octanol–water partition coefficient (Wildman–Crippen LogP) is 1.24. The van der Waals surface area contributed by atoms with Crippen LogP contribution in [0.4, 0.5) is 0 Å². The molecular weight excluding hydrogens is 218 g/mol. The van der Waals surface area contributed by atoms with Gasteiger partial charge in [-0.3, -0.25) is 5.10 Å². The molecule has 1 aromatic heterocycles. The summed E-state index contributed by atoms with van der Waals surface area (Å²) in [5, 5.41) is 8.02. The fourth-order valence-electron chi connectivity index (χ4n) is 1.74. The van der Waals surface area contributed by atoms with E-state index in [-0.39, 0.29) is 5.97 Å². The molecule has 5 heteroatoms. The van der Waals surface area contributed by atoms with E-state index in [4.69, 9.17) is 10.5 Å². The van der Waals surface area contributed by atoms with E-state index in [2.05, 4.69) is 10.2 Å². The molecule has 3 N–H and O–H groups in total. The average molecular weight is 233 g/mol. The summed E-state index contributed by atoms with van der Waals surface area (Å²) in [6.45, 7) is 2.69. The Labute approximate surface area is 98.9 Å². The molecule has 0 fully saturated rings. The number of H-pyrrole nitrogens is 1. The highest BCUT2D eigenvalue weighted by Gasteiger charge is 2.10. The quantitative estimate of drug-likeness (QED) is 0.778. The molecule has 1 heterocycles. The Morgan fingerprint density at radius 2 is 2.35 bits per heavy atom. The molecule has 1 aromatic carbocycles. The van der Waals surface area contributed by atoms with Gasteiger partial charge in [-0.1, -0.05) is 0 Å². The van der Waals surface area contributed by atoms with Crippen molar-refractivity contribution in [1.29, 1.82) is 0 Å². The second-order valence-electron chi connectivity index (χ2n) is 3.69. The summed E-state index contributed by atoms with van der Waals surface area (Å²) < 4.78 is 4.96. The van der Waals surface area contributed by atoms with Gasteiger partial charge < -0.3 is 10.5 Å². The molecule has 90 valence electrons. The van der Waals surface area contributed by atoms with Crippen molar-refractivity contribution in [1.82, 2.24) is 10.2 Å². The van der Waals surface area contributed by atoms with Gasteiger partial charge in [0.05, 0.1) is 23.4 Å². The molecule has 2 aromatic rings. The summed E-state index contributed by atoms with van der Waals surface area (Å²) >= 11 is 0. The summed E-state index contributed by atoms with van der Waals surface area (Å²) in [6.07, 6.45) is 0.687. The lowest BCUT2D eigenvalue weighted by atomic mass is 10.1. The van der Waals surface area contributed by atoms with Gasteiger partial charge in [0, 0.05) is 11.8 Å². The first kappa shape index (κ1) is 11.6. The summed E-state index contributed by atoms with van der Waals surface area (Å²) in [5.41, 5.74) is 7.84. The van der Waals surface area contributed by atoms with Crippen molar-refractivity contribution in [2.24, 2.45) is 5.73 Å². The molecule has 2 rings (SSSR count). The molecule has 5 nitrogen and oxygen atoms in total. The number of benzene rings is 1. The molecule has 0 amide bonds. The number of aromatic amines is 1. The number of esters is 1. The van der Waals surface area contributed by atoms with Gasteiger partial charge in [0.2, 0.25) is 0 Å². The standard InChI is InChI=1S/C12H15N3O2/c1-2-17-12(16)8-3-4-10-9(7-8)11(5-6-13)15-14-10/h3-4,7H,2,5-6,13H2,1H3,(H,14,15). The molecule has 0 saturated heterocycles. The number of rotatable bonds is 4. The van der Waals surface area contributed by atoms with Gasteiger partial charge in [-0.15, -0.1) is 0 Å². The van der Waals surface area contributed by atoms with E-state index in [1.807, 2.05) is 6.07 Å². The number of fused-ring (bicyclic) bond motifs is 1. The molecule has 0 atom stereocenters. The lowest BCUT2D eigenvalue weighted by molar-refractivity contribution is 0.0526. The lowest BCUT2D eigenvalue weighted by Gasteiger charge is -2.01. The zero-order valence-corrected chi connectivity index (χ0v) is 9.69. The van der Waals surface area contributed by atoms with Crippen LogP contribution in [0.1, 0.15) is 23.0 Å². The van der Waals surface area contributed by atoms with Crippen LogP contribution in [0.3, 0.4) is 0 Å². The Bertz CT molecular complexity index is 534. The van der Waals surface area contributed by atoms with E-state index >= 15 is 0 Å². The van der Waals surface area contributed by atoms with Crippen LogP contribution in [0, 0.1) is 0 Å². The number of hydrogen-bond donors (Lipinski definition) is 2. The lowest BCUT2D eigenvalue weighted by Crippen LogP contribution is -2.05. The third-order valence-electron chi connectivity index (χ3n) is 2.53. The maximum atomic E-state index is 11.6. The fourth-order valence-corrected chi connectivity index (χ4v) is 1.74. The number of aromatic nitrogens is 2. The van der Waals surface area contributed by atoms with E-state index in [9.17, 15) is 4.79 Å². The number of carbonyl (C=O) groups excluding carboxylic acids is 1. The minimum atomic E-state index is -0.311. The number of nitrogens with zero attached hydrogens (tertiary/aromatic N) is 1. The first-order valence-electron chi connectivity index (χ1n) is 5.60. The monoisotopic (exact) mass is 233 g/mol. The van der Waals surface area contributed by atoms with Crippen LogP contribution in [-0.2, 0) is 11.2 Å². The van der Waals surface area contributed by atoms with Crippen LogP contribution in [0.25, 0.3) is 10.9 Å². The number of hydrogen-bond acceptors (Lipinski definition) is 4. The van der Waals surface area contributed by atoms with Crippen molar-refractivity contribution >= 4 is 16.9 Å².